The third-order valence-electron chi connectivity index (χ3n) is 12.8. The van der Waals surface area contributed by atoms with Crippen molar-refractivity contribution >= 4 is 11.8 Å². The molecule has 5 aliphatic carbocycles. The molecule has 0 saturated heterocycles. The van der Waals surface area contributed by atoms with E-state index in [1.807, 2.05) is 6.92 Å². The Morgan fingerprint density at radius 3 is 2.17 bits per heavy atom. The summed E-state index contributed by atoms with van der Waals surface area (Å²) in [6.07, 6.45) is 6.30. The van der Waals surface area contributed by atoms with Crippen LogP contribution in [0, 0.1) is 38.9 Å². The number of carbonyl (C=O) groups excluding carboxylic acids is 1. The maximum atomic E-state index is 14.2. The zero-order valence-electron chi connectivity index (χ0n) is 22.3. The molecule has 0 radical (unpaired) electrons. The van der Waals surface area contributed by atoms with Crippen LogP contribution in [-0.4, -0.2) is 49.5 Å². The highest BCUT2D eigenvalue weighted by Crippen LogP contribution is 2.75. The average Bonchev–Trinajstić information content (AvgIpc) is 2.74. The number of aliphatic carboxylic acids is 1. The van der Waals surface area contributed by atoms with Crippen molar-refractivity contribution in [2.75, 3.05) is 0 Å². The van der Waals surface area contributed by atoms with Crippen LogP contribution in [0.2, 0.25) is 0 Å². The lowest BCUT2D eigenvalue weighted by Gasteiger charge is -2.71. The summed E-state index contributed by atoms with van der Waals surface area (Å²) < 4.78 is 0. The van der Waals surface area contributed by atoms with E-state index in [2.05, 4.69) is 34.6 Å². The van der Waals surface area contributed by atoms with Crippen LogP contribution in [0.15, 0.2) is 11.6 Å². The van der Waals surface area contributed by atoms with Crippen LogP contribution >= 0.6 is 0 Å². The van der Waals surface area contributed by atoms with Gasteiger partial charge in [-0.2, -0.15) is 0 Å². The number of aliphatic hydroxyl groups excluding tert-OH is 1. The molecule has 6 nitrogen and oxygen atoms in total. The van der Waals surface area contributed by atoms with Crippen molar-refractivity contribution < 1.29 is 30.0 Å². The summed E-state index contributed by atoms with van der Waals surface area (Å²) in [6, 6.07) is 0. The maximum Gasteiger partial charge on any atom is 0.335 e. The maximum absolute atomic E-state index is 14.2. The molecule has 6 heteroatoms. The Bertz CT molecular complexity index is 1020. The molecular formula is C29H44O6. The van der Waals surface area contributed by atoms with Gasteiger partial charge in [-0.25, -0.2) is 4.79 Å². The summed E-state index contributed by atoms with van der Waals surface area (Å²) in [5.41, 5.74) is -4.88. The molecule has 0 aromatic carbocycles. The highest BCUT2D eigenvalue weighted by atomic mass is 16.4. The molecule has 0 bridgehead atoms. The van der Waals surface area contributed by atoms with E-state index in [0.717, 1.165) is 32.1 Å². The van der Waals surface area contributed by atoms with E-state index in [1.54, 1.807) is 6.08 Å². The summed E-state index contributed by atoms with van der Waals surface area (Å²) in [5, 5.41) is 44.0. The smallest absolute Gasteiger partial charge is 0.335 e. The molecular weight excluding hydrogens is 444 g/mol. The summed E-state index contributed by atoms with van der Waals surface area (Å²) in [4.78, 5) is 26.2. The van der Waals surface area contributed by atoms with Crippen LogP contribution in [-0.2, 0) is 9.59 Å². The van der Waals surface area contributed by atoms with Crippen molar-refractivity contribution in [2.24, 2.45) is 38.9 Å². The number of aliphatic hydroxyl groups is 3. The van der Waals surface area contributed by atoms with Gasteiger partial charge in [0.2, 0.25) is 0 Å². The molecule has 0 spiro atoms. The van der Waals surface area contributed by atoms with Crippen LogP contribution in [0.3, 0.4) is 0 Å². The van der Waals surface area contributed by atoms with Crippen molar-refractivity contribution in [1.29, 1.82) is 0 Å². The van der Waals surface area contributed by atoms with Gasteiger partial charge in [-0.05, 0) is 90.6 Å². The molecule has 4 saturated carbocycles. The first-order valence-electron chi connectivity index (χ1n) is 13.5. The summed E-state index contributed by atoms with van der Waals surface area (Å²) in [5.74, 6) is -1.27. The second-order valence-corrected chi connectivity index (χ2v) is 14.6. The topological polar surface area (TPSA) is 115 Å². The Labute approximate surface area is 209 Å². The summed E-state index contributed by atoms with van der Waals surface area (Å²) >= 11 is 0. The lowest BCUT2D eigenvalue weighted by Crippen LogP contribution is -2.70. The van der Waals surface area contributed by atoms with Gasteiger partial charge < -0.3 is 20.4 Å². The highest BCUT2D eigenvalue weighted by molar-refractivity contribution is 5.96. The first-order chi connectivity index (χ1) is 15.9. The predicted molar refractivity (Wildman–Crippen MR) is 131 cm³/mol. The number of fused-ring (bicyclic) bond motifs is 7. The molecule has 5 aliphatic rings. The molecule has 9 atom stereocenters. The van der Waals surface area contributed by atoms with E-state index in [0.29, 0.717) is 18.4 Å². The van der Waals surface area contributed by atoms with Gasteiger partial charge in [0, 0.05) is 17.8 Å². The predicted octanol–water partition coefficient (Wildman–Crippen LogP) is 4.25. The second-order valence-electron chi connectivity index (χ2n) is 14.6. The van der Waals surface area contributed by atoms with Crippen molar-refractivity contribution in [3.8, 4) is 0 Å². The van der Waals surface area contributed by atoms with Gasteiger partial charge >= 0.3 is 5.97 Å². The van der Waals surface area contributed by atoms with Crippen molar-refractivity contribution in [3.63, 3.8) is 0 Å². The first kappa shape index (κ1) is 25.4. The zero-order valence-corrected chi connectivity index (χ0v) is 22.3. The standard InChI is InChI=1S/C29H44O6/c1-23(2)18-7-10-27(6)21(25(18,4)9-8-20(23)31)17(30)15-19-26(27,5)13-11-24(3)12-14-28(34,22(32)33)16-29(19,24)35/h15,18,20-21,31,34-35H,7-14,16H2,1-6H3,(H,32,33). The van der Waals surface area contributed by atoms with Gasteiger partial charge in [-0.3, -0.25) is 4.79 Å². The molecule has 0 amide bonds. The number of hydrogen-bond donors (Lipinski definition) is 4. The lowest BCUT2D eigenvalue weighted by atomic mass is 9.33. The van der Waals surface area contributed by atoms with Gasteiger partial charge in [-0.15, -0.1) is 0 Å². The normalized spacial score (nSPS) is 55.1. The molecule has 4 N–H and O–H groups in total. The fraction of sp³-hybridized carbons (Fsp3) is 0.862. The van der Waals surface area contributed by atoms with E-state index in [4.69, 9.17) is 0 Å². The van der Waals surface area contributed by atoms with E-state index in [1.165, 1.54) is 0 Å². The number of carbonyl (C=O) groups is 2. The number of carboxylic acids is 1. The largest absolute Gasteiger partial charge is 0.479 e. The molecule has 0 aromatic heterocycles. The Kier molecular flexibility index (Phi) is 5.07. The SMILES string of the molecule is CC1(C)C(O)CCC2(C)C1CCC1(C)C2C(=O)C=C2C1(C)CCC1(C)CCC(O)(C(=O)O)CC21O. The summed E-state index contributed by atoms with van der Waals surface area (Å²) in [6.45, 7) is 12.9. The average molecular weight is 489 g/mol. The minimum absolute atomic E-state index is 0.0291. The van der Waals surface area contributed by atoms with E-state index in [9.17, 15) is 30.0 Å². The first-order valence-corrected chi connectivity index (χ1v) is 13.5. The van der Waals surface area contributed by atoms with Crippen LogP contribution in [0.4, 0.5) is 0 Å². The van der Waals surface area contributed by atoms with Gasteiger partial charge in [-0.1, -0.05) is 41.5 Å². The number of ketones is 1. The molecule has 5 rings (SSSR count). The van der Waals surface area contributed by atoms with Gasteiger partial charge in [0.15, 0.2) is 11.4 Å². The van der Waals surface area contributed by atoms with E-state index < -0.39 is 33.4 Å². The van der Waals surface area contributed by atoms with Crippen LogP contribution < -0.4 is 0 Å². The monoisotopic (exact) mass is 488 g/mol. The molecule has 0 heterocycles. The quantitative estimate of drug-likeness (QED) is 0.439. The van der Waals surface area contributed by atoms with Crippen molar-refractivity contribution in [1.82, 2.24) is 0 Å². The minimum Gasteiger partial charge on any atom is -0.479 e. The van der Waals surface area contributed by atoms with Crippen LogP contribution in [0.5, 0.6) is 0 Å². The Balaban J connectivity index is 1.66. The lowest BCUT2D eigenvalue weighted by molar-refractivity contribution is -0.226. The molecule has 0 aliphatic heterocycles. The van der Waals surface area contributed by atoms with Gasteiger partial charge in [0.25, 0.3) is 0 Å². The number of hydrogen-bond acceptors (Lipinski definition) is 5. The van der Waals surface area contributed by atoms with Crippen LogP contribution in [0.25, 0.3) is 0 Å². The van der Waals surface area contributed by atoms with Crippen LogP contribution in [0.1, 0.15) is 99.3 Å². The number of rotatable bonds is 1. The van der Waals surface area contributed by atoms with E-state index >= 15 is 0 Å². The third kappa shape index (κ3) is 2.82. The molecule has 35 heavy (non-hydrogen) atoms. The third-order valence-corrected chi connectivity index (χ3v) is 12.8. The minimum atomic E-state index is -2.00. The van der Waals surface area contributed by atoms with Gasteiger partial charge in [0.05, 0.1) is 11.7 Å². The fourth-order valence-corrected chi connectivity index (χ4v) is 10.2. The second kappa shape index (κ2) is 6.99. The zero-order chi connectivity index (χ0) is 26.0. The Morgan fingerprint density at radius 1 is 0.914 bits per heavy atom. The van der Waals surface area contributed by atoms with E-state index in [-0.39, 0.29) is 47.4 Å². The summed E-state index contributed by atoms with van der Waals surface area (Å²) in [7, 11) is 0. The van der Waals surface area contributed by atoms with Crippen molar-refractivity contribution in [3.05, 3.63) is 11.6 Å². The Morgan fingerprint density at radius 2 is 1.54 bits per heavy atom. The fourth-order valence-electron chi connectivity index (χ4n) is 10.2. The highest BCUT2D eigenvalue weighted by Gasteiger charge is 2.73. The van der Waals surface area contributed by atoms with Crippen molar-refractivity contribution in [2.45, 2.75) is 117 Å². The molecule has 4 fully saturated rings. The Hall–Kier alpha value is -1.24. The number of allylic oxidation sites excluding steroid dienone is 1. The molecule has 9 unspecified atom stereocenters. The number of carboxylic acid groups (broad SMARTS) is 1. The molecule has 196 valence electrons. The molecule has 0 aromatic rings. The van der Waals surface area contributed by atoms with Gasteiger partial charge in [0.1, 0.15) is 0 Å².